The summed E-state index contributed by atoms with van der Waals surface area (Å²) in [6.07, 6.45) is 6.30. The zero-order valence-electron chi connectivity index (χ0n) is 44.8. The van der Waals surface area contributed by atoms with E-state index in [9.17, 15) is 38.7 Å². The predicted octanol–water partition coefficient (Wildman–Crippen LogP) is 4.86. The number of aliphatic carboxylic acids is 3. The third-order valence-electron chi connectivity index (χ3n) is 16.0. The number of carbonyl (C=O) groups is 7. The molecule has 5 rings (SSSR count). The number of rotatable bonds is 22. The first-order chi connectivity index (χ1) is 33.3. The highest BCUT2D eigenvalue weighted by molar-refractivity contribution is 5.93. The lowest BCUT2D eigenvalue weighted by atomic mass is 9.81. The molecule has 11 atom stereocenters. The summed E-state index contributed by atoms with van der Waals surface area (Å²) in [6, 6.07) is 7.17. The second kappa shape index (κ2) is 27.5. The van der Waals surface area contributed by atoms with Gasteiger partial charge in [0.05, 0.1) is 42.2 Å². The third-order valence-corrected chi connectivity index (χ3v) is 16.0. The van der Waals surface area contributed by atoms with Crippen LogP contribution in [-0.4, -0.2) is 173 Å². The highest BCUT2D eigenvalue weighted by Crippen LogP contribution is 2.34. The average Bonchev–Trinajstić information content (AvgIpc) is 4.18. The normalized spacial score (nSPS) is 26.1. The molecule has 0 saturated carbocycles. The number of ether oxygens (including phenoxy) is 2. The van der Waals surface area contributed by atoms with Crippen molar-refractivity contribution in [2.75, 3.05) is 54.5 Å². The van der Waals surface area contributed by atoms with E-state index < -0.39 is 82.6 Å². The maximum Gasteiger partial charge on any atom is 0.326 e. The van der Waals surface area contributed by atoms with Crippen molar-refractivity contribution in [1.29, 1.82) is 0 Å². The van der Waals surface area contributed by atoms with Crippen LogP contribution in [0.2, 0.25) is 0 Å². The molecule has 0 aromatic heterocycles. The van der Waals surface area contributed by atoms with E-state index in [0.29, 0.717) is 13.0 Å². The number of hydrogen-bond acceptors (Lipinski definition) is 12. The van der Waals surface area contributed by atoms with Gasteiger partial charge in [0.1, 0.15) is 17.1 Å². The van der Waals surface area contributed by atoms with Crippen molar-refractivity contribution in [3.63, 3.8) is 0 Å². The Morgan fingerprint density at radius 2 is 1.39 bits per heavy atom. The van der Waals surface area contributed by atoms with Gasteiger partial charge >= 0.3 is 17.9 Å². The molecule has 4 fully saturated rings. The van der Waals surface area contributed by atoms with Crippen molar-refractivity contribution in [3.05, 3.63) is 35.9 Å². The number of nitrogens with one attached hydrogen (secondary N) is 3. The van der Waals surface area contributed by atoms with Crippen LogP contribution in [0.3, 0.4) is 0 Å². The highest BCUT2D eigenvalue weighted by Gasteiger charge is 2.46. The molecule has 4 heterocycles. The van der Waals surface area contributed by atoms with Gasteiger partial charge in [0, 0.05) is 46.6 Å². The van der Waals surface area contributed by atoms with Crippen LogP contribution in [0.4, 0.5) is 0 Å². The van der Waals surface area contributed by atoms with Crippen molar-refractivity contribution in [2.45, 2.75) is 179 Å². The molecule has 4 aliphatic heterocycles. The molecule has 402 valence electrons. The number of methoxy groups -OCH3 is 2. The Hall–Kier alpha value is -4.49. The number of Topliss-reactive ketones (excluding diaryl/α,β-unsaturated/α-hetero) is 1. The van der Waals surface area contributed by atoms with Gasteiger partial charge in [-0.15, -0.1) is 0 Å². The molecule has 4 aliphatic rings. The number of ketones is 1. The number of likely N-dealkylation sites (tertiary alicyclic amines) is 2. The summed E-state index contributed by atoms with van der Waals surface area (Å²) in [5.74, 6) is -4.59. The lowest BCUT2D eigenvalue weighted by molar-refractivity contribution is -0.149. The fraction of sp³-hybridized carbons (Fsp3) is 0.755. The second-order valence-corrected chi connectivity index (χ2v) is 21.3. The number of hydrogen-bond donors (Lipinski definition) is 6. The molecule has 3 amide bonds. The SMILES string of the molecule is CC[C@H](C)[C@@H]([C@@H](CC(=O)N1CCC[C@H]1[C@H](OC)[C@@H](C)C(=O)N[C@@H](Cc1ccccc1)C(=O)O)OC)N(C)C(=O)[C@@H](CC(=O)[C@]1(C)CCCN1C)C(C)C.C[C@@]1(C(=O)O)CCCN1.C[C@@]1(C(=O)O)CCCN1. The van der Waals surface area contributed by atoms with Gasteiger partial charge in [-0.3, -0.25) is 33.7 Å². The van der Waals surface area contributed by atoms with Gasteiger partial charge in [0.25, 0.3) is 0 Å². The Morgan fingerprint density at radius 3 is 1.82 bits per heavy atom. The van der Waals surface area contributed by atoms with E-state index >= 15 is 0 Å². The second-order valence-electron chi connectivity index (χ2n) is 21.3. The van der Waals surface area contributed by atoms with Crippen LogP contribution < -0.4 is 16.0 Å². The predicted molar refractivity (Wildman–Crippen MR) is 271 cm³/mol. The average molecular weight is 1000 g/mol. The number of carboxylic acids is 3. The Balaban J connectivity index is 0.000000611. The first kappa shape index (κ1) is 60.8. The van der Waals surface area contributed by atoms with E-state index in [1.54, 1.807) is 44.7 Å². The minimum absolute atomic E-state index is 0.00780. The van der Waals surface area contributed by atoms with Crippen molar-refractivity contribution >= 4 is 41.4 Å². The smallest absolute Gasteiger partial charge is 0.326 e. The molecular formula is C53H88N6O12. The quantitative estimate of drug-likeness (QED) is 0.0909. The monoisotopic (exact) mass is 1000 g/mol. The van der Waals surface area contributed by atoms with Gasteiger partial charge in [-0.25, -0.2) is 4.79 Å². The minimum atomic E-state index is -1.13. The Labute approximate surface area is 422 Å². The molecule has 18 heteroatoms. The molecule has 6 N–H and O–H groups in total. The minimum Gasteiger partial charge on any atom is -0.480 e. The first-order valence-electron chi connectivity index (χ1n) is 25.7. The van der Waals surface area contributed by atoms with Gasteiger partial charge in [-0.2, -0.15) is 0 Å². The van der Waals surface area contributed by atoms with Crippen molar-refractivity contribution in [2.24, 2.45) is 23.7 Å². The standard InChI is InChI=1S/C41H66N4O8.2C6H11NO2/c1-11-27(4)36(44(8)39(49)30(26(2)3)24-34(46)41(6)20-16-21-43(41)7)33(52-9)25-35(47)45-22-15-19-32(45)37(53-10)28(5)38(48)42-31(40(50)51)23-29-17-13-12-14-18-29;2*1-6(5(8)9)3-2-4-7-6/h12-14,17-18,26-28,30-33,36-37H,11,15-16,19-25H2,1-10H3,(H,42,48)(H,50,51);2*7H,2-4H2,1H3,(H,8,9)/t27-,28+,30-,31-,32-,33+,36-,37+,41-;2*6-/m000/s1. The molecule has 71 heavy (non-hydrogen) atoms. The van der Waals surface area contributed by atoms with Crippen LogP contribution in [0, 0.1) is 23.7 Å². The molecule has 1 aromatic rings. The van der Waals surface area contributed by atoms with Crippen LogP contribution in [0.25, 0.3) is 0 Å². The fourth-order valence-electron chi connectivity index (χ4n) is 10.6. The molecule has 0 radical (unpaired) electrons. The molecule has 0 spiro atoms. The third kappa shape index (κ3) is 16.0. The van der Waals surface area contributed by atoms with E-state index in [0.717, 1.165) is 76.6 Å². The Morgan fingerprint density at radius 1 is 0.817 bits per heavy atom. The van der Waals surface area contributed by atoms with Crippen LogP contribution in [0.5, 0.6) is 0 Å². The van der Waals surface area contributed by atoms with Gasteiger partial charge < -0.3 is 50.5 Å². The zero-order chi connectivity index (χ0) is 53.4. The molecule has 1 aromatic carbocycles. The lowest BCUT2D eigenvalue weighted by Crippen LogP contribution is -2.55. The van der Waals surface area contributed by atoms with Gasteiger partial charge in [-0.05, 0) is 116 Å². The number of amides is 3. The lowest BCUT2D eigenvalue weighted by Gasteiger charge is -2.41. The van der Waals surface area contributed by atoms with E-state index in [-0.39, 0.29) is 48.7 Å². The van der Waals surface area contributed by atoms with Crippen molar-refractivity contribution in [1.82, 2.24) is 30.7 Å². The number of carbonyl (C=O) groups excluding carboxylic acids is 4. The number of likely N-dealkylation sites (N-methyl/N-ethyl adjacent to an activating group) is 2. The highest BCUT2D eigenvalue weighted by atomic mass is 16.5. The van der Waals surface area contributed by atoms with E-state index in [1.165, 1.54) is 7.11 Å². The maximum absolute atomic E-state index is 14.3. The summed E-state index contributed by atoms with van der Waals surface area (Å²) >= 11 is 0. The number of benzene rings is 1. The van der Waals surface area contributed by atoms with Crippen LogP contribution in [0.1, 0.15) is 132 Å². The van der Waals surface area contributed by atoms with Gasteiger partial charge in [-0.1, -0.05) is 71.4 Å². The van der Waals surface area contributed by atoms with Crippen molar-refractivity contribution < 1.29 is 58.4 Å². The summed E-state index contributed by atoms with van der Waals surface area (Å²) in [5, 5.41) is 35.7. The summed E-state index contributed by atoms with van der Waals surface area (Å²) in [7, 11) is 6.80. The molecular weight excluding hydrogens is 913 g/mol. The van der Waals surface area contributed by atoms with Crippen LogP contribution in [-0.2, 0) is 49.5 Å². The van der Waals surface area contributed by atoms with Gasteiger partial charge in [0.15, 0.2) is 5.78 Å². The molecule has 0 aliphatic carbocycles. The Bertz CT molecular complexity index is 1890. The largest absolute Gasteiger partial charge is 0.480 e. The van der Waals surface area contributed by atoms with E-state index in [4.69, 9.17) is 19.7 Å². The maximum atomic E-state index is 14.3. The van der Waals surface area contributed by atoms with Crippen LogP contribution >= 0.6 is 0 Å². The van der Waals surface area contributed by atoms with Gasteiger partial charge in [0.2, 0.25) is 17.7 Å². The summed E-state index contributed by atoms with van der Waals surface area (Å²) in [4.78, 5) is 94.2. The number of carboxylic acid groups (broad SMARTS) is 3. The molecule has 18 nitrogen and oxygen atoms in total. The van der Waals surface area contributed by atoms with Crippen molar-refractivity contribution in [3.8, 4) is 0 Å². The summed E-state index contributed by atoms with van der Waals surface area (Å²) in [5.41, 5.74) is -1.06. The Kier molecular flexibility index (Phi) is 23.6. The first-order valence-corrected chi connectivity index (χ1v) is 25.7. The summed E-state index contributed by atoms with van der Waals surface area (Å²) in [6.45, 7) is 18.2. The van der Waals surface area contributed by atoms with E-state index in [2.05, 4.69) is 27.8 Å². The fourth-order valence-corrected chi connectivity index (χ4v) is 10.6. The molecule has 0 bridgehead atoms. The van der Waals surface area contributed by atoms with E-state index in [1.807, 2.05) is 65.1 Å². The summed E-state index contributed by atoms with van der Waals surface area (Å²) < 4.78 is 11.9. The molecule has 0 unspecified atom stereocenters. The van der Waals surface area contributed by atoms with Crippen LogP contribution in [0.15, 0.2) is 30.3 Å². The zero-order valence-corrected chi connectivity index (χ0v) is 44.8. The number of nitrogens with zero attached hydrogens (tertiary/aromatic N) is 3. The molecule has 4 saturated heterocycles. The topological polar surface area (TPSA) is 244 Å².